The minimum Gasteiger partial charge on any atom is -0.458 e. The number of hydrogen-bond donors (Lipinski definition) is 0. The zero-order valence-corrected chi connectivity index (χ0v) is 17.2. The molecule has 0 amide bonds. The van der Waals surface area contributed by atoms with E-state index in [2.05, 4.69) is 27.4 Å². The zero-order chi connectivity index (χ0) is 19.7. The third-order valence-electron chi connectivity index (χ3n) is 8.02. The Hall–Kier alpha value is -2.03. The average molecular weight is 379 g/mol. The summed E-state index contributed by atoms with van der Waals surface area (Å²) < 4.78 is 12.6. The molecule has 0 spiro atoms. The molecule has 0 N–H and O–H groups in total. The standard InChI is InChI=1S/C25H30O3/c1-15-9-10-16-13-18-22(26)17-7-5-6-8-21(17)27-23(18)28-25(16,4)12-11-20-19(15)14-24(20,2)3/h5-8,16,19-20H,1,9-14H2,2-4H3/t16?,19-,20-,25?/m1/s1. The van der Waals surface area contributed by atoms with Crippen molar-refractivity contribution >= 4 is 11.0 Å². The van der Waals surface area contributed by atoms with Crippen molar-refractivity contribution in [2.45, 2.75) is 64.9 Å². The van der Waals surface area contributed by atoms with Gasteiger partial charge in [-0.2, -0.15) is 0 Å². The Morgan fingerprint density at radius 3 is 2.71 bits per heavy atom. The SMILES string of the molecule is C=C1CCC2Cc3c(oc4ccccc4c3=O)OC2(C)CC[C@@H]2[C@@H]1CC2(C)C. The number of rotatable bonds is 0. The Morgan fingerprint density at radius 2 is 1.93 bits per heavy atom. The summed E-state index contributed by atoms with van der Waals surface area (Å²) in [5.74, 6) is 2.11. The molecule has 1 aromatic carbocycles. The predicted octanol–water partition coefficient (Wildman–Crippen LogP) is 5.90. The normalized spacial score (nSPS) is 34.0. The topological polar surface area (TPSA) is 39.4 Å². The maximum Gasteiger partial charge on any atom is 0.292 e. The molecule has 0 saturated heterocycles. The van der Waals surface area contributed by atoms with E-state index < -0.39 is 0 Å². The Balaban J connectivity index is 1.54. The van der Waals surface area contributed by atoms with Gasteiger partial charge in [0, 0.05) is 5.92 Å². The molecular formula is C25H30O3. The Morgan fingerprint density at radius 1 is 1.14 bits per heavy atom. The van der Waals surface area contributed by atoms with Crippen LogP contribution in [0.4, 0.5) is 0 Å². The summed E-state index contributed by atoms with van der Waals surface area (Å²) in [5.41, 5.74) is 2.91. The van der Waals surface area contributed by atoms with Gasteiger partial charge in [-0.25, -0.2) is 0 Å². The van der Waals surface area contributed by atoms with Gasteiger partial charge in [0.15, 0.2) is 5.43 Å². The maximum absolute atomic E-state index is 13.1. The Kier molecular flexibility index (Phi) is 3.85. The summed E-state index contributed by atoms with van der Waals surface area (Å²) in [7, 11) is 0. The number of fused-ring (bicyclic) bond motifs is 4. The van der Waals surface area contributed by atoms with Crippen molar-refractivity contribution in [2.24, 2.45) is 23.2 Å². The molecule has 2 fully saturated rings. The van der Waals surface area contributed by atoms with E-state index in [9.17, 15) is 4.79 Å². The minimum atomic E-state index is -0.285. The highest BCUT2D eigenvalue weighted by Crippen LogP contribution is 2.58. The van der Waals surface area contributed by atoms with Crippen LogP contribution in [0.15, 0.2) is 45.6 Å². The van der Waals surface area contributed by atoms with Crippen LogP contribution < -0.4 is 10.2 Å². The van der Waals surface area contributed by atoms with Crippen LogP contribution in [0, 0.1) is 23.2 Å². The van der Waals surface area contributed by atoms with E-state index >= 15 is 0 Å². The molecule has 3 heteroatoms. The lowest BCUT2D eigenvalue weighted by Gasteiger charge is -2.53. The molecule has 2 saturated carbocycles. The predicted molar refractivity (Wildman–Crippen MR) is 112 cm³/mol. The van der Waals surface area contributed by atoms with Crippen LogP contribution in [0.1, 0.15) is 58.4 Å². The highest BCUT2D eigenvalue weighted by atomic mass is 16.6. The Bertz CT molecular complexity index is 1010. The summed E-state index contributed by atoms with van der Waals surface area (Å²) in [5, 5.41) is 0.653. The molecule has 2 heterocycles. The molecule has 148 valence electrons. The number of benzene rings is 1. The van der Waals surface area contributed by atoms with Crippen molar-refractivity contribution < 1.29 is 9.15 Å². The average Bonchev–Trinajstić information content (AvgIpc) is 2.68. The van der Waals surface area contributed by atoms with Gasteiger partial charge in [-0.15, -0.1) is 0 Å². The largest absolute Gasteiger partial charge is 0.458 e. The van der Waals surface area contributed by atoms with Gasteiger partial charge in [0.05, 0.1) is 10.9 Å². The fourth-order valence-corrected chi connectivity index (χ4v) is 6.09. The first-order valence-electron chi connectivity index (χ1n) is 10.7. The molecule has 0 bridgehead atoms. The van der Waals surface area contributed by atoms with Gasteiger partial charge in [-0.1, -0.05) is 38.1 Å². The van der Waals surface area contributed by atoms with Gasteiger partial charge in [-0.05, 0) is 74.8 Å². The molecule has 3 nitrogen and oxygen atoms in total. The fourth-order valence-electron chi connectivity index (χ4n) is 6.09. The van der Waals surface area contributed by atoms with Gasteiger partial charge in [-0.3, -0.25) is 4.79 Å². The van der Waals surface area contributed by atoms with Gasteiger partial charge in [0.1, 0.15) is 11.2 Å². The van der Waals surface area contributed by atoms with Crippen LogP contribution in [-0.4, -0.2) is 5.60 Å². The molecule has 4 atom stereocenters. The maximum atomic E-state index is 13.1. The first kappa shape index (κ1) is 18.0. The minimum absolute atomic E-state index is 0.0683. The van der Waals surface area contributed by atoms with Crippen molar-refractivity contribution in [3.05, 3.63) is 52.2 Å². The third kappa shape index (κ3) is 2.58. The molecule has 2 unspecified atom stereocenters. The van der Waals surface area contributed by atoms with Crippen LogP contribution in [0.5, 0.6) is 5.95 Å². The van der Waals surface area contributed by atoms with Gasteiger partial charge in [0.2, 0.25) is 0 Å². The lowest BCUT2D eigenvalue weighted by atomic mass is 9.52. The molecule has 1 aliphatic heterocycles. The summed E-state index contributed by atoms with van der Waals surface area (Å²) in [6.45, 7) is 11.5. The molecule has 3 aliphatic rings. The second-order valence-corrected chi connectivity index (χ2v) is 10.2. The van der Waals surface area contributed by atoms with Gasteiger partial charge in [0.25, 0.3) is 5.95 Å². The van der Waals surface area contributed by atoms with E-state index in [-0.39, 0.29) is 11.0 Å². The summed E-state index contributed by atoms with van der Waals surface area (Å²) in [6.07, 6.45) is 6.22. The molecule has 1 aromatic heterocycles. The molecule has 2 aromatic rings. The van der Waals surface area contributed by atoms with Crippen molar-refractivity contribution in [3.63, 3.8) is 0 Å². The van der Waals surface area contributed by atoms with Crippen LogP contribution in [0.25, 0.3) is 11.0 Å². The number of ether oxygens (including phenoxy) is 1. The Labute approximate surface area is 166 Å². The first-order chi connectivity index (χ1) is 13.3. The molecule has 5 rings (SSSR count). The van der Waals surface area contributed by atoms with E-state index in [1.54, 1.807) is 0 Å². The van der Waals surface area contributed by atoms with Crippen molar-refractivity contribution in [1.29, 1.82) is 0 Å². The van der Waals surface area contributed by atoms with Crippen molar-refractivity contribution in [1.82, 2.24) is 0 Å². The lowest BCUT2D eigenvalue weighted by molar-refractivity contribution is -0.0459. The van der Waals surface area contributed by atoms with E-state index in [1.165, 1.54) is 12.0 Å². The smallest absolute Gasteiger partial charge is 0.292 e. The van der Waals surface area contributed by atoms with Crippen LogP contribution in [0.2, 0.25) is 0 Å². The van der Waals surface area contributed by atoms with Crippen LogP contribution >= 0.6 is 0 Å². The number of hydrogen-bond acceptors (Lipinski definition) is 3. The molecule has 2 aliphatic carbocycles. The van der Waals surface area contributed by atoms with E-state index in [0.717, 1.165) is 32.1 Å². The van der Waals surface area contributed by atoms with Crippen molar-refractivity contribution in [2.75, 3.05) is 0 Å². The number of para-hydroxylation sites is 1. The van der Waals surface area contributed by atoms with Crippen LogP contribution in [-0.2, 0) is 6.42 Å². The monoisotopic (exact) mass is 378 g/mol. The molecule has 28 heavy (non-hydrogen) atoms. The van der Waals surface area contributed by atoms with E-state index in [4.69, 9.17) is 9.15 Å². The first-order valence-corrected chi connectivity index (χ1v) is 10.7. The zero-order valence-electron chi connectivity index (χ0n) is 17.2. The van der Waals surface area contributed by atoms with E-state index in [1.807, 2.05) is 24.3 Å². The van der Waals surface area contributed by atoms with Gasteiger partial charge >= 0.3 is 0 Å². The van der Waals surface area contributed by atoms with Gasteiger partial charge < -0.3 is 9.15 Å². The quantitative estimate of drug-likeness (QED) is 0.536. The third-order valence-corrected chi connectivity index (χ3v) is 8.02. The second-order valence-electron chi connectivity index (χ2n) is 10.2. The summed E-state index contributed by atoms with van der Waals surface area (Å²) >= 11 is 0. The highest BCUT2D eigenvalue weighted by molar-refractivity contribution is 5.77. The molecular weight excluding hydrogens is 348 g/mol. The number of allylic oxidation sites excluding steroid dienone is 1. The lowest BCUT2D eigenvalue weighted by Crippen LogP contribution is -2.48. The van der Waals surface area contributed by atoms with Crippen molar-refractivity contribution in [3.8, 4) is 5.95 Å². The summed E-state index contributed by atoms with van der Waals surface area (Å²) in [6, 6.07) is 7.49. The van der Waals surface area contributed by atoms with E-state index in [0.29, 0.717) is 45.6 Å². The summed E-state index contributed by atoms with van der Waals surface area (Å²) in [4.78, 5) is 13.1. The molecule has 0 radical (unpaired) electrons. The fraction of sp³-hybridized carbons (Fsp3) is 0.560. The second kappa shape index (κ2) is 5.98. The highest BCUT2D eigenvalue weighted by Gasteiger charge is 2.51. The van der Waals surface area contributed by atoms with Crippen LogP contribution in [0.3, 0.4) is 0 Å².